The fourth-order valence-corrected chi connectivity index (χ4v) is 4.88. The Labute approximate surface area is 159 Å². The largest absolute Gasteiger partial charge is 0.506 e. The van der Waals surface area contributed by atoms with Gasteiger partial charge in [-0.1, -0.05) is 13.8 Å². The summed E-state index contributed by atoms with van der Waals surface area (Å²) in [6.45, 7) is 6.60. The average molecular weight is 399 g/mol. The first kappa shape index (κ1) is 19.9. The molecule has 3 rings (SSSR count). The maximum absolute atomic E-state index is 14.7. The molecule has 2 fully saturated rings. The van der Waals surface area contributed by atoms with Crippen molar-refractivity contribution in [2.75, 3.05) is 30.5 Å². The number of carbonyl (C=O) groups excluding carboxylic acids is 1. The van der Waals surface area contributed by atoms with Gasteiger partial charge in [0.25, 0.3) is 5.91 Å². The van der Waals surface area contributed by atoms with Gasteiger partial charge in [0.05, 0.1) is 0 Å². The van der Waals surface area contributed by atoms with Crippen LogP contribution in [0.25, 0.3) is 0 Å². The van der Waals surface area contributed by atoms with E-state index in [9.17, 15) is 22.7 Å². The van der Waals surface area contributed by atoms with Gasteiger partial charge in [0.2, 0.25) is 0 Å². The van der Waals surface area contributed by atoms with Crippen LogP contribution >= 0.6 is 0 Å². The molecule has 0 spiro atoms. The van der Waals surface area contributed by atoms with E-state index >= 15 is 0 Å². The summed E-state index contributed by atoms with van der Waals surface area (Å²) >= 11 is 0. The second-order valence-electron chi connectivity index (χ2n) is 7.73. The van der Waals surface area contributed by atoms with Gasteiger partial charge in [-0.25, -0.2) is 13.4 Å². The van der Waals surface area contributed by atoms with Gasteiger partial charge < -0.3 is 10.0 Å². The van der Waals surface area contributed by atoms with E-state index in [1.165, 1.54) is 12.1 Å². The molecule has 2 aliphatic rings. The first-order chi connectivity index (χ1) is 12.7. The van der Waals surface area contributed by atoms with Crippen LogP contribution in [0.1, 0.15) is 44.6 Å². The summed E-state index contributed by atoms with van der Waals surface area (Å²) < 4.78 is 41.0. The number of halogens is 1. The number of hydrogen-bond donors (Lipinski definition) is 2. The monoisotopic (exact) mass is 399 g/mol. The van der Waals surface area contributed by atoms with Gasteiger partial charge in [-0.05, 0) is 61.9 Å². The third kappa shape index (κ3) is 4.35. The summed E-state index contributed by atoms with van der Waals surface area (Å²) in [4.78, 5) is 13.7. The molecule has 150 valence electrons. The molecular weight excluding hydrogens is 373 g/mol. The van der Waals surface area contributed by atoms with E-state index in [2.05, 4.69) is 18.7 Å². The molecule has 2 aliphatic heterocycles. The Morgan fingerprint density at radius 1 is 1.37 bits per heavy atom. The number of phenols is 1. The highest BCUT2D eigenvalue weighted by atomic mass is 32.2. The standard InChI is InChI=1S/C18H26FN3O4S/c1-12(2)5-7-21-6-3-4-13(10-21)14-8-15(19)18(16(23)9-14)22-11-17(24)20-27(22,25)26/h8-9,12-13,23H,3-7,10-11H2,1-2H3,(H,20,24). The molecule has 2 N–H and O–H groups in total. The average Bonchev–Trinajstić information content (AvgIpc) is 2.85. The van der Waals surface area contributed by atoms with Crippen LogP contribution in [0.15, 0.2) is 12.1 Å². The predicted octanol–water partition coefficient (Wildman–Crippen LogP) is 1.94. The van der Waals surface area contributed by atoms with Crippen LogP contribution in [-0.4, -0.2) is 50.5 Å². The number of aromatic hydroxyl groups is 1. The lowest BCUT2D eigenvalue weighted by Gasteiger charge is -2.33. The Hall–Kier alpha value is -1.87. The minimum atomic E-state index is -4.17. The lowest BCUT2D eigenvalue weighted by molar-refractivity contribution is -0.117. The number of nitrogens with zero attached hydrogens (tertiary/aromatic N) is 2. The molecule has 1 unspecified atom stereocenters. The molecule has 0 radical (unpaired) electrons. The number of piperidine rings is 1. The maximum Gasteiger partial charge on any atom is 0.326 e. The summed E-state index contributed by atoms with van der Waals surface area (Å²) in [6.07, 6.45) is 2.98. The predicted molar refractivity (Wildman–Crippen MR) is 100 cm³/mol. The molecule has 0 saturated carbocycles. The second kappa shape index (κ2) is 7.63. The normalized spacial score (nSPS) is 23.0. The van der Waals surface area contributed by atoms with Gasteiger partial charge in [0, 0.05) is 6.54 Å². The Morgan fingerprint density at radius 2 is 2.11 bits per heavy atom. The van der Waals surface area contributed by atoms with E-state index in [0.717, 1.165) is 38.9 Å². The summed E-state index contributed by atoms with van der Waals surface area (Å²) in [5.74, 6) is -1.38. The molecule has 1 atom stereocenters. The van der Waals surface area contributed by atoms with E-state index in [0.29, 0.717) is 15.8 Å². The number of hydrogen-bond acceptors (Lipinski definition) is 5. The van der Waals surface area contributed by atoms with Crippen molar-refractivity contribution in [3.05, 3.63) is 23.5 Å². The van der Waals surface area contributed by atoms with Gasteiger partial charge in [0.1, 0.15) is 18.0 Å². The molecule has 0 aliphatic carbocycles. The molecule has 7 nitrogen and oxygen atoms in total. The SMILES string of the molecule is CC(C)CCN1CCCC(c2cc(O)c(N3CC(=O)NS3(=O)=O)c(F)c2)C1. The van der Waals surface area contributed by atoms with Gasteiger partial charge in [0.15, 0.2) is 5.82 Å². The molecule has 1 amide bonds. The van der Waals surface area contributed by atoms with E-state index < -0.39 is 39.9 Å². The van der Waals surface area contributed by atoms with Crippen molar-refractivity contribution in [2.45, 2.75) is 39.0 Å². The van der Waals surface area contributed by atoms with Gasteiger partial charge >= 0.3 is 10.2 Å². The van der Waals surface area contributed by atoms with E-state index in [1.54, 1.807) is 4.72 Å². The Balaban J connectivity index is 1.81. The number of benzene rings is 1. The Morgan fingerprint density at radius 3 is 2.70 bits per heavy atom. The minimum absolute atomic E-state index is 0.0790. The first-order valence-electron chi connectivity index (χ1n) is 9.25. The van der Waals surface area contributed by atoms with Crippen molar-refractivity contribution in [3.63, 3.8) is 0 Å². The molecule has 0 bridgehead atoms. The number of phenolic OH excluding ortho intramolecular Hbond substituents is 1. The first-order valence-corrected chi connectivity index (χ1v) is 10.7. The van der Waals surface area contributed by atoms with Crippen LogP contribution in [0, 0.1) is 11.7 Å². The number of anilines is 1. The Bertz CT molecular complexity index is 805. The van der Waals surface area contributed by atoms with Crippen molar-refractivity contribution in [3.8, 4) is 5.75 Å². The van der Waals surface area contributed by atoms with Crippen LogP contribution < -0.4 is 9.03 Å². The molecule has 2 saturated heterocycles. The van der Waals surface area contributed by atoms with E-state index in [4.69, 9.17) is 0 Å². The zero-order valence-electron chi connectivity index (χ0n) is 15.6. The highest BCUT2D eigenvalue weighted by Crippen LogP contribution is 2.38. The summed E-state index contributed by atoms with van der Waals surface area (Å²) in [7, 11) is -4.17. The van der Waals surface area contributed by atoms with Crippen LogP contribution in [0.5, 0.6) is 5.75 Å². The molecule has 1 aromatic carbocycles. The zero-order chi connectivity index (χ0) is 19.8. The molecule has 0 aromatic heterocycles. The molecular formula is C18H26FN3O4S. The fourth-order valence-electron chi connectivity index (χ4n) is 3.70. The van der Waals surface area contributed by atoms with E-state index in [-0.39, 0.29) is 5.92 Å². The second-order valence-corrected chi connectivity index (χ2v) is 9.32. The van der Waals surface area contributed by atoms with Crippen molar-refractivity contribution >= 4 is 21.8 Å². The molecule has 9 heteroatoms. The fraction of sp³-hybridized carbons (Fsp3) is 0.611. The number of carbonyl (C=O) groups is 1. The number of likely N-dealkylation sites (tertiary alicyclic amines) is 1. The summed E-state index contributed by atoms with van der Waals surface area (Å²) in [5, 5.41) is 10.3. The lowest BCUT2D eigenvalue weighted by atomic mass is 9.90. The smallest absolute Gasteiger partial charge is 0.326 e. The van der Waals surface area contributed by atoms with Crippen LogP contribution in [0.2, 0.25) is 0 Å². The topological polar surface area (TPSA) is 89.9 Å². The van der Waals surface area contributed by atoms with Crippen LogP contribution in [0.4, 0.5) is 10.1 Å². The quantitative estimate of drug-likeness (QED) is 0.790. The Kier molecular flexibility index (Phi) is 5.62. The third-order valence-electron chi connectivity index (χ3n) is 5.13. The van der Waals surface area contributed by atoms with Gasteiger partial charge in [-0.3, -0.25) is 4.79 Å². The molecule has 1 aromatic rings. The van der Waals surface area contributed by atoms with Crippen molar-refractivity contribution in [1.82, 2.24) is 9.62 Å². The van der Waals surface area contributed by atoms with Crippen molar-refractivity contribution in [1.29, 1.82) is 0 Å². The summed E-state index contributed by atoms with van der Waals surface area (Å²) in [6, 6.07) is 2.71. The van der Waals surface area contributed by atoms with E-state index in [1.807, 2.05) is 0 Å². The zero-order valence-corrected chi connectivity index (χ0v) is 16.4. The van der Waals surface area contributed by atoms with Gasteiger partial charge in [-0.2, -0.15) is 8.42 Å². The highest BCUT2D eigenvalue weighted by molar-refractivity contribution is 7.92. The lowest BCUT2D eigenvalue weighted by Crippen LogP contribution is -2.35. The van der Waals surface area contributed by atoms with Gasteiger partial charge in [-0.15, -0.1) is 0 Å². The van der Waals surface area contributed by atoms with Crippen molar-refractivity contribution < 1.29 is 22.7 Å². The minimum Gasteiger partial charge on any atom is -0.506 e. The number of rotatable bonds is 5. The maximum atomic E-state index is 14.7. The van der Waals surface area contributed by atoms with Crippen LogP contribution in [-0.2, 0) is 15.0 Å². The highest BCUT2D eigenvalue weighted by Gasteiger charge is 2.37. The molecule has 27 heavy (non-hydrogen) atoms. The molecule has 2 heterocycles. The van der Waals surface area contributed by atoms with Crippen molar-refractivity contribution in [2.24, 2.45) is 5.92 Å². The summed E-state index contributed by atoms with van der Waals surface area (Å²) in [5.41, 5.74) is 0.170. The third-order valence-corrected chi connectivity index (χ3v) is 6.51. The number of amides is 1. The number of nitrogens with one attached hydrogen (secondary N) is 1. The van der Waals surface area contributed by atoms with Crippen LogP contribution in [0.3, 0.4) is 0 Å².